The second kappa shape index (κ2) is 7.47. The minimum Gasteiger partial charge on any atom is -0.497 e. The number of methoxy groups -OCH3 is 1. The van der Waals surface area contributed by atoms with E-state index in [9.17, 15) is 0 Å². The van der Waals surface area contributed by atoms with Gasteiger partial charge in [0.15, 0.2) is 5.82 Å². The molecular formula is C21H25ClN4O. The van der Waals surface area contributed by atoms with Gasteiger partial charge in [-0.3, -0.25) is 4.68 Å². The molecule has 1 atom stereocenters. The molecule has 142 valence electrons. The first-order valence-electron chi connectivity index (χ1n) is 9.73. The van der Waals surface area contributed by atoms with Crippen molar-refractivity contribution in [2.45, 2.75) is 52.0 Å². The molecule has 2 aliphatic heterocycles. The lowest BCUT2D eigenvalue weighted by atomic mass is 9.87. The van der Waals surface area contributed by atoms with Crippen molar-refractivity contribution in [1.29, 1.82) is 0 Å². The molecule has 0 spiro atoms. The van der Waals surface area contributed by atoms with Crippen LogP contribution in [0, 0.1) is 5.92 Å². The SMILES string of the molecule is CCCC(c1c(-c2ccc(OC)cc2Cl)c2ncnc-2nn1CC)C1CC1. The minimum atomic E-state index is 0.469. The number of imidazole rings is 1. The highest BCUT2D eigenvalue weighted by Gasteiger charge is 2.37. The van der Waals surface area contributed by atoms with Gasteiger partial charge in [0.1, 0.15) is 17.8 Å². The van der Waals surface area contributed by atoms with Gasteiger partial charge in [-0.25, -0.2) is 9.97 Å². The molecule has 3 aliphatic rings. The van der Waals surface area contributed by atoms with E-state index >= 15 is 0 Å². The van der Waals surface area contributed by atoms with Gasteiger partial charge in [-0.15, -0.1) is 0 Å². The second-order valence-electron chi connectivity index (χ2n) is 7.20. The Balaban J connectivity index is 2.00. The molecule has 1 aromatic rings. The van der Waals surface area contributed by atoms with Crippen LogP contribution in [0.15, 0.2) is 24.5 Å². The van der Waals surface area contributed by atoms with E-state index in [4.69, 9.17) is 21.4 Å². The number of halogens is 1. The van der Waals surface area contributed by atoms with Crippen molar-refractivity contribution in [3.05, 3.63) is 35.2 Å². The fourth-order valence-electron chi connectivity index (χ4n) is 4.04. The van der Waals surface area contributed by atoms with E-state index < -0.39 is 0 Å². The Morgan fingerprint density at radius 2 is 2.07 bits per heavy atom. The van der Waals surface area contributed by atoms with Crippen LogP contribution in [0.2, 0.25) is 5.02 Å². The van der Waals surface area contributed by atoms with Crippen LogP contribution in [0.4, 0.5) is 0 Å². The number of hydrogen-bond acceptors (Lipinski definition) is 4. The molecule has 0 N–H and O–H groups in total. The zero-order valence-electron chi connectivity index (χ0n) is 16.1. The highest BCUT2D eigenvalue weighted by molar-refractivity contribution is 6.33. The van der Waals surface area contributed by atoms with Crippen LogP contribution in [-0.4, -0.2) is 26.9 Å². The van der Waals surface area contributed by atoms with E-state index in [1.807, 2.05) is 18.2 Å². The van der Waals surface area contributed by atoms with E-state index in [-0.39, 0.29) is 0 Å². The van der Waals surface area contributed by atoms with Crippen molar-refractivity contribution in [3.8, 4) is 28.4 Å². The first-order valence-corrected chi connectivity index (χ1v) is 10.1. The van der Waals surface area contributed by atoms with E-state index in [2.05, 4.69) is 28.5 Å². The van der Waals surface area contributed by atoms with Gasteiger partial charge in [-0.05, 0) is 50.3 Å². The summed E-state index contributed by atoms with van der Waals surface area (Å²) in [6.45, 7) is 5.18. The summed E-state index contributed by atoms with van der Waals surface area (Å²) >= 11 is 6.70. The maximum atomic E-state index is 6.70. The predicted octanol–water partition coefficient (Wildman–Crippen LogP) is 5.42. The molecule has 1 aliphatic carbocycles. The Labute approximate surface area is 165 Å². The summed E-state index contributed by atoms with van der Waals surface area (Å²) in [4.78, 5) is 8.93. The summed E-state index contributed by atoms with van der Waals surface area (Å²) < 4.78 is 7.45. The number of ether oxygens (including phenoxy) is 1. The molecule has 2 heterocycles. The molecular weight excluding hydrogens is 360 g/mol. The quantitative estimate of drug-likeness (QED) is 0.545. The van der Waals surface area contributed by atoms with E-state index in [1.54, 1.807) is 13.4 Å². The third kappa shape index (κ3) is 3.29. The van der Waals surface area contributed by atoms with Gasteiger partial charge in [0, 0.05) is 23.6 Å². The topological polar surface area (TPSA) is 52.8 Å². The van der Waals surface area contributed by atoms with Gasteiger partial charge in [0.05, 0.1) is 17.8 Å². The van der Waals surface area contributed by atoms with Crippen molar-refractivity contribution < 1.29 is 4.74 Å². The Kier molecular flexibility index (Phi) is 5.04. The van der Waals surface area contributed by atoms with Gasteiger partial charge in [0.2, 0.25) is 0 Å². The first kappa shape index (κ1) is 18.2. The standard InChI is InChI=1S/C21H25ClN4O/c1-4-6-15(13-7-8-13)20-18(16-10-9-14(27-3)11-17(16)22)19-21(24-12-23-19)25-26(20)5-2/h9-13,15H,4-8H2,1-3H3. The van der Waals surface area contributed by atoms with E-state index in [0.717, 1.165) is 47.9 Å². The van der Waals surface area contributed by atoms with Crippen molar-refractivity contribution >= 4 is 11.6 Å². The number of aryl methyl sites for hydroxylation is 1. The molecule has 1 aromatic carbocycles. The maximum absolute atomic E-state index is 6.70. The van der Waals surface area contributed by atoms with Gasteiger partial charge in [-0.2, -0.15) is 5.10 Å². The summed E-state index contributed by atoms with van der Waals surface area (Å²) in [5.41, 5.74) is 4.15. The van der Waals surface area contributed by atoms with Crippen molar-refractivity contribution in [3.63, 3.8) is 0 Å². The van der Waals surface area contributed by atoms with Crippen LogP contribution in [0.1, 0.15) is 51.1 Å². The molecule has 0 radical (unpaired) electrons. The first-order chi connectivity index (χ1) is 13.2. The van der Waals surface area contributed by atoms with E-state index in [0.29, 0.717) is 16.8 Å². The largest absolute Gasteiger partial charge is 0.497 e. The molecule has 0 aromatic heterocycles. The number of aromatic nitrogens is 4. The van der Waals surface area contributed by atoms with Crippen LogP contribution in [0.5, 0.6) is 5.75 Å². The smallest absolute Gasteiger partial charge is 0.200 e. The lowest BCUT2D eigenvalue weighted by Crippen LogP contribution is -2.18. The number of benzene rings is 1. The Morgan fingerprint density at radius 1 is 1.26 bits per heavy atom. The van der Waals surface area contributed by atoms with Gasteiger partial charge < -0.3 is 4.74 Å². The van der Waals surface area contributed by atoms with Gasteiger partial charge >= 0.3 is 0 Å². The lowest BCUT2D eigenvalue weighted by Gasteiger charge is -2.26. The van der Waals surface area contributed by atoms with Crippen molar-refractivity contribution in [2.24, 2.45) is 5.92 Å². The van der Waals surface area contributed by atoms with Crippen LogP contribution in [0.3, 0.4) is 0 Å². The molecule has 1 unspecified atom stereocenters. The zero-order valence-corrected chi connectivity index (χ0v) is 16.8. The highest BCUT2D eigenvalue weighted by atomic mass is 35.5. The summed E-state index contributed by atoms with van der Waals surface area (Å²) in [5, 5.41) is 5.46. The number of fused-ring (bicyclic) bond motifs is 1. The van der Waals surface area contributed by atoms with Crippen LogP contribution >= 0.6 is 11.6 Å². The lowest BCUT2D eigenvalue weighted by molar-refractivity contribution is 0.415. The van der Waals surface area contributed by atoms with Gasteiger partial charge in [0.25, 0.3) is 0 Å². The zero-order chi connectivity index (χ0) is 19.0. The molecule has 0 saturated heterocycles. The third-order valence-electron chi connectivity index (χ3n) is 5.45. The summed E-state index contributed by atoms with van der Waals surface area (Å²) in [6.07, 6.45) is 6.45. The molecule has 1 fully saturated rings. The van der Waals surface area contributed by atoms with Gasteiger partial charge in [-0.1, -0.05) is 24.9 Å². The van der Waals surface area contributed by atoms with Crippen LogP contribution in [-0.2, 0) is 6.54 Å². The Morgan fingerprint density at radius 3 is 2.70 bits per heavy atom. The van der Waals surface area contributed by atoms with Crippen LogP contribution in [0.25, 0.3) is 22.6 Å². The Bertz CT molecular complexity index is 919. The number of rotatable bonds is 7. The summed E-state index contributed by atoms with van der Waals surface area (Å²) in [7, 11) is 1.65. The normalized spacial score (nSPS) is 15.3. The fraction of sp³-hybridized carbons (Fsp3) is 0.476. The van der Waals surface area contributed by atoms with Crippen molar-refractivity contribution in [1.82, 2.24) is 19.7 Å². The van der Waals surface area contributed by atoms with E-state index in [1.165, 1.54) is 18.5 Å². The molecule has 4 rings (SSSR count). The number of nitrogens with zero attached hydrogens (tertiary/aromatic N) is 4. The van der Waals surface area contributed by atoms with Crippen LogP contribution < -0.4 is 4.74 Å². The minimum absolute atomic E-state index is 0.469. The summed E-state index contributed by atoms with van der Waals surface area (Å²) in [5.74, 6) is 2.62. The molecule has 6 heteroatoms. The third-order valence-corrected chi connectivity index (χ3v) is 5.76. The molecule has 1 saturated carbocycles. The number of hydrogen-bond donors (Lipinski definition) is 0. The fourth-order valence-corrected chi connectivity index (χ4v) is 4.31. The summed E-state index contributed by atoms with van der Waals surface area (Å²) in [6, 6.07) is 5.85. The second-order valence-corrected chi connectivity index (χ2v) is 7.61. The molecule has 0 amide bonds. The average molecular weight is 385 g/mol. The Hall–Kier alpha value is -2.14. The molecule has 0 bridgehead atoms. The van der Waals surface area contributed by atoms with Crippen molar-refractivity contribution in [2.75, 3.05) is 7.11 Å². The predicted molar refractivity (Wildman–Crippen MR) is 107 cm³/mol. The average Bonchev–Trinajstić information content (AvgIpc) is 3.42. The monoisotopic (exact) mass is 384 g/mol. The molecule has 27 heavy (non-hydrogen) atoms. The molecule has 5 nitrogen and oxygen atoms in total. The maximum Gasteiger partial charge on any atom is 0.200 e. The highest BCUT2D eigenvalue weighted by Crippen LogP contribution is 2.50.